The molecule has 0 aliphatic carbocycles. The fraction of sp³-hybridized carbons (Fsp3) is 0.200. The molecule has 0 aliphatic heterocycles. The number of fused-ring (bicyclic) bond motifs is 1. The summed E-state index contributed by atoms with van der Waals surface area (Å²) in [5.41, 5.74) is 0.668. The Morgan fingerprint density at radius 1 is 1.62 bits per heavy atom. The Hall–Kier alpha value is -1.43. The Labute approximate surface area is 98.9 Å². The molecule has 0 saturated carbocycles. The maximum Gasteiger partial charge on any atom is 0.356 e. The van der Waals surface area contributed by atoms with Crippen LogP contribution in [0.3, 0.4) is 0 Å². The van der Waals surface area contributed by atoms with Gasteiger partial charge >= 0.3 is 5.97 Å². The minimum atomic E-state index is -0.539. The van der Waals surface area contributed by atoms with Crippen molar-refractivity contribution in [3.63, 3.8) is 0 Å². The van der Waals surface area contributed by atoms with Crippen LogP contribution in [0.5, 0.6) is 0 Å². The van der Waals surface area contributed by atoms with Gasteiger partial charge in [-0.15, -0.1) is 0 Å². The van der Waals surface area contributed by atoms with Crippen LogP contribution in [-0.2, 0) is 4.74 Å². The molecule has 0 radical (unpaired) electrons. The van der Waals surface area contributed by atoms with Crippen LogP contribution in [0.15, 0.2) is 16.6 Å². The van der Waals surface area contributed by atoms with E-state index in [-0.39, 0.29) is 12.3 Å². The van der Waals surface area contributed by atoms with Crippen LogP contribution in [0, 0.1) is 5.82 Å². The second-order valence-electron chi connectivity index (χ2n) is 3.10. The molecule has 0 fully saturated rings. The van der Waals surface area contributed by atoms with Crippen molar-refractivity contribution in [1.82, 2.24) is 10.2 Å². The van der Waals surface area contributed by atoms with Crippen LogP contribution >= 0.6 is 15.9 Å². The lowest BCUT2D eigenvalue weighted by Gasteiger charge is -1.99. The molecule has 1 aromatic heterocycles. The maximum atomic E-state index is 13.2. The van der Waals surface area contributed by atoms with E-state index in [2.05, 4.69) is 26.1 Å². The Kier molecular flexibility index (Phi) is 2.91. The molecule has 2 rings (SSSR count). The minimum Gasteiger partial charge on any atom is -0.461 e. The first-order valence-electron chi connectivity index (χ1n) is 4.63. The first-order chi connectivity index (χ1) is 7.63. The lowest BCUT2D eigenvalue weighted by Crippen LogP contribution is -2.05. The van der Waals surface area contributed by atoms with Gasteiger partial charge in [0.05, 0.1) is 6.61 Å². The third-order valence-electron chi connectivity index (χ3n) is 2.06. The lowest BCUT2D eigenvalue weighted by molar-refractivity contribution is 0.0521. The second kappa shape index (κ2) is 4.21. The molecule has 1 N–H and O–H groups in total. The predicted octanol–water partition coefficient (Wildman–Crippen LogP) is 2.64. The van der Waals surface area contributed by atoms with Crippen molar-refractivity contribution in [3.8, 4) is 0 Å². The monoisotopic (exact) mass is 286 g/mol. The number of H-pyrrole nitrogens is 1. The van der Waals surface area contributed by atoms with Gasteiger partial charge in [-0.2, -0.15) is 5.10 Å². The Morgan fingerprint density at radius 3 is 3.06 bits per heavy atom. The predicted molar refractivity (Wildman–Crippen MR) is 59.7 cm³/mol. The molecule has 1 aromatic carbocycles. The van der Waals surface area contributed by atoms with E-state index in [1.165, 1.54) is 12.1 Å². The van der Waals surface area contributed by atoms with Gasteiger partial charge in [-0.1, -0.05) is 0 Å². The molecule has 84 valence electrons. The fourth-order valence-corrected chi connectivity index (χ4v) is 1.92. The van der Waals surface area contributed by atoms with Crippen LogP contribution in [-0.4, -0.2) is 22.8 Å². The first-order valence-corrected chi connectivity index (χ1v) is 5.43. The standard InChI is InChI=1S/C10H8BrFN2O2/c1-2-16-10(15)9-6-3-5(12)4-7(11)8(6)13-14-9/h3-4H,2H2,1H3,(H,13,14). The quantitative estimate of drug-likeness (QED) is 0.864. The van der Waals surface area contributed by atoms with Crippen molar-refractivity contribution in [2.45, 2.75) is 6.92 Å². The highest BCUT2D eigenvalue weighted by Crippen LogP contribution is 2.26. The molecular weight excluding hydrogens is 279 g/mol. The molecule has 6 heteroatoms. The summed E-state index contributed by atoms with van der Waals surface area (Å²) in [6, 6.07) is 2.54. The number of esters is 1. The van der Waals surface area contributed by atoms with Gasteiger partial charge in [0.2, 0.25) is 0 Å². The van der Waals surface area contributed by atoms with Crippen LogP contribution in [0.1, 0.15) is 17.4 Å². The largest absolute Gasteiger partial charge is 0.461 e. The van der Waals surface area contributed by atoms with Crippen LogP contribution in [0.2, 0.25) is 0 Å². The van der Waals surface area contributed by atoms with E-state index in [0.717, 1.165) is 0 Å². The first kappa shape index (κ1) is 11.1. The van der Waals surface area contributed by atoms with Gasteiger partial charge in [0.25, 0.3) is 0 Å². The van der Waals surface area contributed by atoms with Crippen LogP contribution in [0.25, 0.3) is 10.9 Å². The summed E-state index contributed by atoms with van der Waals surface area (Å²) < 4.78 is 18.5. The van der Waals surface area contributed by atoms with E-state index in [1.54, 1.807) is 6.92 Å². The van der Waals surface area contributed by atoms with Crippen molar-refractivity contribution in [2.24, 2.45) is 0 Å². The van der Waals surface area contributed by atoms with Gasteiger partial charge in [0.15, 0.2) is 5.69 Å². The molecule has 0 aliphatic rings. The van der Waals surface area contributed by atoms with Crippen molar-refractivity contribution in [2.75, 3.05) is 6.61 Å². The van der Waals surface area contributed by atoms with Crippen molar-refractivity contribution < 1.29 is 13.9 Å². The van der Waals surface area contributed by atoms with Crippen LogP contribution in [0.4, 0.5) is 4.39 Å². The molecule has 4 nitrogen and oxygen atoms in total. The molecule has 0 amide bonds. The molecular formula is C10H8BrFN2O2. The van der Waals surface area contributed by atoms with E-state index < -0.39 is 11.8 Å². The number of carbonyl (C=O) groups is 1. The van der Waals surface area contributed by atoms with E-state index >= 15 is 0 Å². The van der Waals surface area contributed by atoms with Crippen molar-refractivity contribution >= 4 is 32.8 Å². The number of halogens is 2. The highest BCUT2D eigenvalue weighted by Gasteiger charge is 2.16. The number of hydrogen-bond donors (Lipinski definition) is 1. The summed E-state index contributed by atoms with van der Waals surface area (Å²) in [5.74, 6) is -0.978. The van der Waals surface area contributed by atoms with Crippen molar-refractivity contribution in [3.05, 3.63) is 28.1 Å². The number of aromatic amines is 1. The lowest BCUT2D eigenvalue weighted by atomic mass is 10.2. The molecule has 1 heterocycles. The van der Waals surface area contributed by atoms with Gasteiger partial charge in [0.1, 0.15) is 11.3 Å². The number of benzene rings is 1. The Bertz CT molecular complexity index is 553. The number of rotatable bonds is 2. The fourth-order valence-electron chi connectivity index (χ4n) is 1.40. The molecule has 0 atom stereocenters. The summed E-state index contributed by atoms with van der Waals surface area (Å²) in [5, 5.41) is 6.88. The molecule has 2 aromatic rings. The second-order valence-corrected chi connectivity index (χ2v) is 3.96. The van der Waals surface area contributed by atoms with Gasteiger partial charge in [-0.25, -0.2) is 9.18 Å². The average Bonchev–Trinajstić information content (AvgIpc) is 2.61. The Morgan fingerprint density at radius 2 is 2.38 bits per heavy atom. The summed E-state index contributed by atoms with van der Waals surface area (Å²) in [6.45, 7) is 1.96. The van der Waals surface area contributed by atoms with Crippen molar-refractivity contribution in [1.29, 1.82) is 0 Å². The number of ether oxygens (including phenoxy) is 1. The van der Waals surface area contributed by atoms with E-state index in [4.69, 9.17) is 4.74 Å². The number of aromatic nitrogens is 2. The highest BCUT2D eigenvalue weighted by molar-refractivity contribution is 9.10. The summed E-state index contributed by atoms with van der Waals surface area (Å²) in [6.07, 6.45) is 0. The van der Waals surface area contributed by atoms with Gasteiger partial charge in [-0.3, -0.25) is 5.10 Å². The highest BCUT2D eigenvalue weighted by atomic mass is 79.9. The van der Waals surface area contributed by atoms with E-state index in [0.29, 0.717) is 15.4 Å². The third kappa shape index (κ3) is 1.80. The zero-order valence-corrected chi connectivity index (χ0v) is 9.97. The van der Waals surface area contributed by atoms with Gasteiger partial charge < -0.3 is 4.74 Å². The van der Waals surface area contributed by atoms with E-state index in [9.17, 15) is 9.18 Å². The SMILES string of the molecule is CCOC(=O)c1[nH]nc2c(Br)cc(F)cc12. The number of nitrogens with zero attached hydrogens (tertiary/aromatic N) is 1. The normalized spacial score (nSPS) is 10.7. The number of carbonyl (C=O) groups excluding carboxylic acids is 1. The third-order valence-corrected chi connectivity index (χ3v) is 2.66. The van der Waals surface area contributed by atoms with Crippen LogP contribution < -0.4 is 0 Å². The smallest absolute Gasteiger partial charge is 0.356 e. The van der Waals surface area contributed by atoms with Gasteiger partial charge in [-0.05, 0) is 35.0 Å². The molecule has 0 spiro atoms. The minimum absolute atomic E-state index is 0.164. The summed E-state index contributed by atoms with van der Waals surface area (Å²) >= 11 is 3.17. The van der Waals surface area contributed by atoms with E-state index in [1.807, 2.05) is 0 Å². The number of nitrogens with one attached hydrogen (secondary N) is 1. The molecule has 0 bridgehead atoms. The van der Waals surface area contributed by atoms with Gasteiger partial charge in [0, 0.05) is 9.86 Å². The molecule has 16 heavy (non-hydrogen) atoms. The summed E-state index contributed by atoms with van der Waals surface area (Å²) in [4.78, 5) is 11.5. The molecule has 0 saturated heterocycles. The molecule has 0 unspecified atom stereocenters. The zero-order valence-electron chi connectivity index (χ0n) is 8.38. The maximum absolute atomic E-state index is 13.2. The zero-order chi connectivity index (χ0) is 11.7. The Balaban J connectivity index is 2.60. The summed E-state index contributed by atoms with van der Waals surface area (Å²) in [7, 11) is 0. The number of hydrogen-bond acceptors (Lipinski definition) is 3. The topological polar surface area (TPSA) is 55.0 Å². The average molecular weight is 287 g/mol.